The van der Waals surface area contributed by atoms with E-state index in [1.165, 1.54) is 37.1 Å². The van der Waals surface area contributed by atoms with Crippen LogP contribution in [0.4, 0.5) is 39.2 Å². The van der Waals surface area contributed by atoms with Crippen LogP contribution in [0.5, 0.6) is 5.88 Å². The van der Waals surface area contributed by atoms with Crippen LogP contribution in [-0.4, -0.2) is 72.8 Å². The normalized spacial score (nSPS) is 18.2. The maximum atomic E-state index is 12.2. The van der Waals surface area contributed by atoms with Gasteiger partial charge in [-0.1, -0.05) is 12.1 Å². The van der Waals surface area contributed by atoms with E-state index in [0.717, 1.165) is 89.2 Å². The second kappa shape index (κ2) is 14.5. The SMILES string of the molecule is Cc1c(-c2ccc3cnc(Nc4ccc(N5CCC(C6CCN(c7ccc(N8CCC(=O)NC8=O)cc7)CC6)CC5)cc4)nc3c2)cnc2c1NCCO2. The van der Waals surface area contributed by atoms with Gasteiger partial charge in [0.1, 0.15) is 12.3 Å². The molecule has 3 saturated heterocycles. The fourth-order valence-electron chi connectivity index (χ4n) is 8.56. The van der Waals surface area contributed by atoms with Gasteiger partial charge in [0.05, 0.1) is 5.52 Å². The van der Waals surface area contributed by atoms with Gasteiger partial charge in [0, 0.05) is 91.8 Å². The summed E-state index contributed by atoms with van der Waals surface area (Å²) in [5.74, 6) is 2.53. The fraction of sp³-hybridized carbons (Fsp3) is 0.357. The average Bonchev–Trinajstić information content (AvgIpc) is 3.21. The number of rotatable bonds is 7. The third kappa shape index (κ3) is 6.83. The summed E-state index contributed by atoms with van der Waals surface area (Å²) in [6, 6.07) is 22.7. The van der Waals surface area contributed by atoms with Crippen LogP contribution in [0, 0.1) is 18.8 Å². The minimum absolute atomic E-state index is 0.211. The highest BCUT2D eigenvalue weighted by atomic mass is 16.5. The van der Waals surface area contributed by atoms with Crippen molar-refractivity contribution in [2.24, 2.45) is 11.8 Å². The molecule has 3 N–H and O–H groups in total. The van der Waals surface area contributed by atoms with E-state index in [2.05, 4.69) is 97.2 Å². The molecule has 3 amide bonds. The number of piperidine rings is 2. The van der Waals surface area contributed by atoms with Crippen LogP contribution in [0.15, 0.2) is 79.1 Å². The first-order valence-corrected chi connectivity index (χ1v) is 19.2. The molecule has 12 nitrogen and oxygen atoms in total. The van der Waals surface area contributed by atoms with Gasteiger partial charge in [0.2, 0.25) is 17.7 Å². The third-order valence-corrected chi connectivity index (χ3v) is 11.7. The van der Waals surface area contributed by atoms with Crippen molar-refractivity contribution in [3.05, 3.63) is 84.7 Å². The summed E-state index contributed by atoms with van der Waals surface area (Å²) in [6.45, 7) is 8.18. The number of carbonyl (C=O) groups is 2. The largest absolute Gasteiger partial charge is 0.474 e. The molecule has 0 aliphatic carbocycles. The van der Waals surface area contributed by atoms with E-state index in [4.69, 9.17) is 9.72 Å². The first-order valence-electron chi connectivity index (χ1n) is 19.2. The maximum Gasteiger partial charge on any atom is 0.328 e. The number of ether oxygens (including phenoxy) is 1. The summed E-state index contributed by atoms with van der Waals surface area (Å²) in [6.07, 6.45) is 8.94. The van der Waals surface area contributed by atoms with Crippen LogP contribution < -0.4 is 35.4 Å². The molecule has 4 aliphatic rings. The van der Waals surface area contributed by atoms with Gasteiger partial charge in [-0.15, -0.1) is 0 Å². The maximum absolute atomic E-state index is 12.2. The lowest BCUT2D eigenvalue weighted by Gasteiger charge is -2.41. The van der Waals surface area contributed by atoms with Gasteiger partial charge in [-0.05, 0) is 110 Å². The minimum atomic E-state index is -0.341. The number of benzene rings is 3. The molecule has 2 aromatic heterocycles. The summed E-state index contributed by atoms with van der Waals surface area (Å²) in [7, 11) is 0. The first kappa shape index (κ1) is 33.9. The molecule has 9 rings (SSSR count). The van der Waals surface area contributed by atoms with E-state index in [-0.39, 0.29) is 11.9 Å². The van der Waals surface area contributed by atoms with Crippen molar-refractivity contribution >= 4 is 57.2 Å². The number of urea groups is 1. The van der Waals surface area contributed by atoms with E-state index in [1.807, 2.05) is 24.5 Å². The first-order chi connectivity index (χ1) is 26.4. The number of aromatic nitrogens is 3. The molecule has 4 aliphatic heterocycles. The van der Waals surface area contributed by atoms with E-state index in [9.17, 15) is 9.59 Å². The molecule has 0 spiro atoms. The van der Waals surface area contributed by atoms with Crippen molar-refractivity contribution < 1.29 is 14.3 Å². The number of amides is 3. The predicted molar refractivity (Wildman–Crippen MR) is 213 cm³/mol. The van der Waals surface area contributed by atoms with Gasteiger partial charge in [-0.25, -0.2) is 19.7 Å². The second-order valence-corrected chi connectivity index (χ2v) is 14.8. The number of carbonyl (C=O) groups excluding carboxylic acids is 2. The molecule has 6 heterocycles. The molecule has 5 aromatic rings. The second-order valence-electron chi connectivity index (χ2n) is 14.8. The lowest BCUT2D eigenvalue weighted by Crippen LogP contribution is -2.49. The lowest BCUT2D eigenvalue weighted by atomic mass is 9.78. The standard InChI is InChI=1S/C42H45N9O3/c1-27-36(26-44-40-39(27)43-17-23-54-40)30-2-3-31-25-45-41(47-37(31)24-30)46-32-4-6-33(7-5-32)49-18-12-28(13-19-49)29-14-20-50(21-15-29)34-8-10-35(11-9-34)51-22-16-38(52)48-42(51)53/h2-11,24-26,28-29,43H,12-23H2,1H3,(H,45,46,47)(H,48,52,53). The number of fused-ring (bicyclic) bond motifs is 2. The van der Waals surface area contributed by atoms with Crippen LogP contribution in [0.2, 0.25) is 0 Å². The molecule has 0 bridgehead atoms. The van der Waals surface area contributed by atoms with Crippen LogP contribution in [0.25, 0.3) is 22.0 Å². The Labute approximate surface area is 314 Å². The Morgan fingerprint density at radius 2 is 1.44 bits per heavy atom. The molecule has 0 saturated carbocycles. The molecule has 276 valence electrons. The Morgan fingerprint density at radius 3 is 2.13 bits per heavy atom. The van der Waals surface area contributed by atoms with Crippen LogP contribution >= 0.6 is 0 Å². The molecule has 54 heavy (non-hydrogen) atoms. The number of anilines is 6. The fourth-order valence-corrected chi connectivity index (χ4v) is 8.56. The quantitative estimate of drug-likeness (QED) is 0.160. The molecular weight excluding hydrogens is 679 g/mol. The highest BCUT2D eigenvalue weighted by molar-refractivity contribution is 6.05. The number of hydrogen-bond donors (Lipinski definition) is 3. The highest BCUT2D eigenvalue weighted by Crippen LogP contribution is 2.37. The van der Waals surface area contributed by atoms with Crippen molar-refractivity contribution in [1.29, 1.82) is 0 Å². The zero-order valence-corrected chi connectivity index (χ0v) is 30.6. The average molecular weight is 724 g/mol. The van der Waals surface area contributed by atoms with Crippen LogP contribution in [0.3, 0.4) is 0 Å². The summed E-state index contributed by atoms with van der Waals surface area (Å²) < 4.78 is 5.72. The number of nitrogens with zero attached hydrogens (tertiary/aromatic N) is 6. The molecule has 3 fully saturated rings. The molecule has 0 unspecified atom stereocenters. The summed E-state index contributed by atoms with van der Waals surface area (Å²) in [5, 5.41) is 10.2. The zero-order chi connectivity index (χ0) is 36.6. The van der Waals surface area contributed by atoms with Gasteiger partial charge >= 0.3 is 6.03 Å². The van der Waals surface area contributed by atoms with Crippen molar-refractivity contribution in [3.8, 4) is 17.0 Å². The topological polar surface area (TPSA) is 128 Å². The Kier molecular flexibility index (Phi) is 9.09. The number of imide groups is 1. The Morgan fingerprint density at radius 1 is 0.778 bits per heavy atom. The lowest BCUT2D eigenvalue weighted by molar-refractivity contribution is -0.120. The van der Waals surface area contributed by atoms with Gasteiger partial charge in [-0.2, -0.15) is 0 Å². The smallest absolute Gasteiger partial charge is 0.328 e. The van der Waals surface area contributed by atoms with Crippen LogP contribution in [-0.2, 0) is 4.79 Å². The van der Waals surface area contributed by atoms with Crippen molar-refractivity contribution in [2.75, 3.05) is 71.2 Å². The number of nitrogens with one attached hydrogen (secondary N) is 3. The molecular formula is C42H45N9O3. The summed E-state index contributed by atoms with van der Waals surface area (Å²) >= 11 is 0. The van der Waals surface area contributed by atoms with Gasteiger partial charge in [-0.3, -0.25) is 15.0 Å². The zero-order valence-electron chi connectivity index (χ0n) is 30.6. The number of hydrogen-bond acceptors (Lipinski definition) is 10. The van der Waals surface area contributed by atoms with Crippen molar-refractivity contribution in [2.45, 2.75) is 39.0 Å². The van der Waals surface area contributed by atoms with E-state index < -0.39 is 0 Å². The number of pyridine rings is 1. The Hall–Kier alpha value is -5.91. The monoisotopic (exact) mass is 723 g/mol. The van der Waals surface area contributed by atoms with Gasteiger partial charge in [0.15, 0.2) is 0 Å². The van der Waals surface area contributed by atoms with E-state index >= 15 is 0 Å². The highest BCUT2D eigenvalue weighted by Gasteiger charge is 2.30. The van der Waals surface area contributed by atoms with Crippen LogP contribution in [0.1, 0.15) is 37.7 Å². The summed E-state index contributed by atoms with van der Waals surface area (Å²) in [5.41, 5.74) is 9.29. The predicted octanol–water partition coefficient (Wildman–Crippen LogP) is 7.13. The molecule has 3 aromatic carbocycles. The Balaban J connectivity index is 0.772. The Bertz CT molecular complexity index is 2180. The van der Waals surface area contributed by atoms with Gasteiger partial charge in [0.25, 0.3) is 0 Å². The molecule has 0 radical (unpaired) electrons. The third-order valence-electron chi connectivity index (χ3n) is 11.7. The van der Waals surface area contributed by atoms with Crippen molar-refractivity contribution in [3.63, 3.8) is 0 Å². The van der Waals surface area contributed by atoms with Crippen molar-refractivity contribution in [1.82, 2.24) is 20.3 Å². The minimum Gasteiger partial charge on any atom is -0.474 e. The summed E-state index contributed by atoms with van der Waals surface area (Å²) in [4.78, 5) is 44.4. The molecule has 0 atom stereocenters. The van der Waals surface area contributed by atoms with Gasteiger partial charge < -0.3 is 25.2 Å². The van der Waals surface area contributed by atoms with E-state index in [1.54, 1.807) is 4.90 Å². The molecule has 12 heteroatoms. The van der Waals surface area contributed by atoms with E-state index in [0.29, 0.717) is 31.4 Å².